The first-order valence-electron chi connectivity index (χ1n) is 6.45. The summed E-state index contributed by atoms with van der Waals surface area (Å²) < 4.78 is 38.2. The normalized spacial score (nSPS) is 23.9. The Morgan fingerprint density at radius 2 is 2.11 bits per heavy atom. The van der Waals surface area contributed by atoms with Crippen LogP contribution in [0.1, 0.15) is 38.8 Å². The molecule has 1 aliphatic rings. The first-order chi connectivity index (χ1) is 8.84. The van der Waals surface area contributed by atoms with Gasteiger partial charge in [0.05, 0.1) is 17.6 Å². The predicted octanol–water partition coefficient (Wildman–Crippen LogP) is 3.45. The minimum Gasteiger partial charge on any atom is -0.396 e. The zero-order chi connectivity index (χ0) is 14.2. The molecule has 0 aliphatic carbocycles. The van der Waals surface area contributed by atoms with Gasteiger partial charge >= 0.3 is 6.18 Å². The fraction of sp³-hybridized carbons (Fsp3) is 0.615. The molecule has 3 nitrogen and oxygen atoms in total. The number of halogens is 3. The van der Waals surface area contributed by atoms with Crippen molar-refractivity contribution in [3.8, 4) is 0 Å². The summed E-state index contributed by atoms with van der Waals surface area (Å²) in [5.41, 5.74) is 5.70. The van der Waals surface area contributed by atoms with Gasteiger partial charge in [0.15, 0.2) is 0 Å². The van der Waals surface area contributed by atoms with Crippen molar-refractivity contribution in [2.75, 3.05) is 10.6 Å². The highest BCUT2D eigenvalue weighted by molar-refractivity contribution is 5.68. The molecule has 0 bridgehead atoms. The van der Waals surface area contributed by atoms with E-state index in [1.165, 1.54) is 0 Å². The molecular formula is C13H18F3N3. The van der Waals surface area contributed by atoms with Crippen LogP contribution in [0.2, 0.25) is 0 Å². The smallest absolute Gasteiger partial charge is 0.396 e. The molecule has 0 saturated carbocycles. The summed E-state index contributed by atoms with van der Waals surface area (Å²) in [5.74, 6) is 0. The van der Waals surface area contributed by atoms with Gasteiger partial charge in [0.25, 0.3) is 0 Å². The minimum absolute atomic E-state index is 0.204. The first kappa shape index (κ1) is 14.0. The Labute approximate surface area is 110 Å². The second-order valence-corrected chi connectivity index (χ2v) is 5.02. The van der Waals surface area contributed by atoms with Crippen molar-refractivity contribution in [1.82, 2.24) is 4.98 Å². The van der Waals surface area contributed by atoms with Crippen molar-refractivity contribution in [3.05, 3.63) is 18.0 Å². The van der Waals surface area contributed by atoms with E-state index in [9.17, 15) is 13.2 Å². The van der Waals surface area contributed by atoms with Gasteiger partial charge in [-0.25, -0.2) is 4.98 Å². The summed E-state index contributed by atoms with van der Waals surface area (Å²) >= 11 is 0. The Kier molecular flexibility index (Phi) is 3.60. The lowest BCUT2D eigenvalue weighted by atomic mass is 10.1. The van der Waals surface area contributed by atoms with Crippen LogP contribution in [0.15, 0.2) is 12.3 Å². The second kappa shape index (κ2) is 4.90. The van der Waals surface area contributed by atoms with Crippen molar-refractivity contribution in [1.29, 1.82) is 0 Å². The van der Waals surface area contributed by atoms with E-state index in [1.807, 2.05) is 18.7 Å². The van der Waals surface area contributed by atoms with E-state index in [4.69, 9.17) is 5.73 Å². The van der Waals surface area contributed by atoms with Gasteiger partial charge in [-0.05, 0) is 32.3 Å². The number of rotatable bonds is 2. The lowest BCUT2D eigenvalue weighted by Crippen LogP contribution is -2.35. The van der Waals surface area contributed by atoms with E-state index >= 15 is 0 Å². The van der Waals surface area contributed by atoms with Gasteiger partial charge in [-0.1, -0.05) is 6.92 Å². The Balaban J connectivity index is 2.43. The van der Waals surface area contributed by atoms with Crippen molar-refractivity contribution >= 4 is 11.4 Å². The van der Waals surface area contributed by atoms with E-state index in [-0.39, 0.29) is 12.1 Å². The number of hydrogen-bond donors (Lipinski definition) is 1. The van der Waals surface area contributed by atoms with Gasteiger partial charge in [0.1, 0.15) is 5.69 Å². The topological polar surface area (TPSA) is 42.2 Å². The number of hydrogen-bond acceptors (Lipinski definition) is 3. The molecule has 1 aromatic rings. The number of aromatic nitrogens is 1. The quantitative estimate of drug-likeness (QED) is 0.897. The van der Waals surface area contributed by atoms with Gasteiger partial charge in [-0.3, -0.25) is 0 Å². The summed E-state index contributed by atoms with van der Waals surface area (Å²) in [6.45, 7) is 4.06. The molecule has 0 aromatic carbocycles. The highest BCUT2D eigenvalue weighted by Crippen LogP contribution is 2.38. The molecule has 0 radical (unpaired) electrons. The van der Waals surface area contributed by atoms with Gasteiger partial charge < -0.3 is 10.6 Å². The Hall–Kier alpha value is -1.46. The third-order valence-corrected chi connectivity index (χ3v) is 3.74. The van der Waals surface area contributed by atoms with Crippen LogP contribution in [0.5, 0.6) is 0 Å². The monoisotopic (exact) mass is 273 g/mol. The third-order valence-electron chi connectivity index (χ3n) is 3.74. The Bertz CT molecular complexity index is 459. The van der Waals surface area contributed by atoms with Crippen molar-refractivity contribution < 1.29 is 13.2 Å². The number of anilines is 2. The van der Waals surface area contributed by atoms with Crippen molar-refractivity contribution in [2.24, 2.45) is 0 Å². The molecular weight excluding hydrogens is 255 g/mol. The molecule has 6 heteroatoms. The fourth-order valence-corrected chi connectivity index (χ4v) is 2.74. The summed E-state index contributed by atoms with van der Waals surface area (Å²) in [6, 6.07) is 1.52. The lowest BCUT2D eigenvalue weighted by molar-refractivity contribution is -0.141. The van der Waals surface area contributed by atoms with Crippen LogP contribution in [-0.2, 0) is 6.18 Å². The van der Waals surface area contributed by atoms with Crippen molar-refractivity contribution in [2.45, 2.75) is 51.4 Å². The van der Waals surface area contributed by atoms with Crippen LogP contribution >= 0.6 is 0 Å². The van der Waals surface area contributed by atoms with Crippen molar-refractivity contribution in [3.63, 3.8) is 0 Å². The number of pyridine rings is 1. The minimum atomic E-state index is -4.44. The average molecular weight is 273 g/mol. The van der Waals surface area contributed by atoms with Crippen LogP contribution in [0.25, 0.3) is 0 Å². The number of alkyl halides is 3. The highest BCUT2D eigenvalue weighted by Gasteiger charge is 2.36. The Morgan fingerprint density at radius 3 is 2.68 bits per heavy atom. The Morgan fingerprint density at radius 1 is 1.42 bits per heavy atom. The average Bonchev–Trinajstić information content (AvgIpc) is 2.69. The van der Waals surface area contributed by atoms with Gasteiger partial charge in [0, 0.05) is 12.1 Å². The summed E-state index contributed by atoms with van der Waals surface area (Å²) in [7, 11) is 0. The molecule has 1 aromatic heterocycles. The van der Waals surface area contributed by atoms with Crippen LogP contribution in [0.3, 0.4) is 0 Å². The second-order valence-electron chi connectivity index (χ2n) is 5.02. The predicted molar refractivity (Wildman–Crippen MR) is 68.9 cm³/mol. The molecule has 2 heterocycles. The molecule has 0 spiro atoms. The van der Waals surface area contributed by atoms with Crippen LogP contribution in [-0.4, -0.2) is 17.1 Å². The number of nitrogen functional groups attached to an aromatic ring is 1. The van der Waals surface area contributed by atoms with Gasteiger partial charge in [-0.15, -0.1) is 0 Å². The highest BCUT2D eigenvalue weighted by atomic mass is 19.4. The van der Waals surface area contributed by atoms with E-state index in [2.05, 4.69) is 4.98 Å². The molecule has 1 fully saturated rings. The van der Waals surface area contributed by atoms with E-state index < -0.39 is 11.9 Å². The zero-order valence-corrected chi connectivity index (χ0v) is 11.0. The lowest BCUT2D eigenvalue weighted by Gasteiger charge is -2.31. The largest absolute Gasteiger partial charge is 0.433 e. The van der Waals surface area contributed by atoms with E-state index in [0.29, 0.717) is 11.4 Å². The molecule has 0 amide bonds. The van der Waals surface area contributed by atoms with E-state index in [1.54, 1.807) is 0 Å². The number of nitrogens with zero attached hydrogens (tertiary/aromatic N) is 2. The molecule has 2 unspecified atom stereocenters. The molecule has 106 valence electrons. The molecule has 2 atom stereocenters. The van der Waals surface area contributed by atoms with Crippen LogP contribution < -0.4 is 10.6 Å². The van der Waals surface area contributed by atoms with Crippen LogP contribution in [0, 0.1) is 0 Å². The van der Waals surface area contributed by atoms with Gasteiger partial charge in [-0.2, -0.15) is 13.2 Å². The SMILES string of the molecule is CCC1CCC(C)N1c1cc(C(F)(F)F)ncc1N. The number of nitrogens with two attached hydrogens (primary N) is 1. The molecule has 1 saturated heterocycles. The summed E-state index contributed by atoms with van der Waals surface area (Å²) in [5, 5.41) is 0. The van der Waals surface area contributed by atoms with Gasteiger partial charge in [0.2, 0.25) is 0 Å². The molecule has 2 rings (SSSR count). The molecule has 19 heavy (non-hydrogen) atoms. The molecule has 1 aliphatic heterocycles. The fourth-order valence-electron chi connectivity index (χ4n) is 2.74. The maximum absolute atomic E-state index is 12.7. The maximum atomic E-state index is 12.7. The van der Waals surface area contributed by atoms with E-state index in [0.717, 1.165) is 31.5 Å². The third kappa shape index (κ3) is 2.62. The first-order valence-corrected chi connectivity index (χ1v) is 6.45. The maximum Gasteiger partial charge on any atom is 0.433 e. The molecule has 2 N–H and O–H groups in total. The summed E-state index contributed by atoms with van der Waals surface area (Å²) in [4.78, 5) is 5.39. The standard InChI is InChI=1S/C13H18F3N3/c1-3-9-5-4-8(2)19(9)11-6-12(13(14,15)16)18-7-10(11)17/h6-9H,3-5,17H2,1-2H3. The zero-order valence-electron chi connectivity index (χ0n) is 11.0. The van der Waals surface area contributed by atoms with Crippen LogP contribution in [0.4, 0.5) is 24.5 Å². The summed E-state index contributed by atoms with van der Waals surface area (Å²) in [6.07, 6.45) is -0.473.